The van der Waals surface area contributed by atoms with Gasteiger partial charge in [-0.15, -0.1) is 0 Å². The van der Waals surface area contributed by atoms with Crippen molar-refractivity contribution in [3.63, 3.8) is 0 Å². The van der Waals surface area contributed by atoms with Crippen molar-refractivity contribution >= 4 is 21.7 Å². The lowest BCUT2D eigenvalue weighted by Gasteiger charge is -2.20. The van der Waals surface area contributed by atoms with Crippen molar-refractivity contribution in [3.8, 4) is 0 Å². The second-order valence-electron chi connectivity index (χ2n) is 5.42. The van der Waals surface area contributed by atoms with Crippen molar-refractivity contribution in [1.29, 1.82) is 0 Å². The van der Waals surface area contributed by atoms with E-state index in [1.165, 1.54) is 12.1 Å². The third-order valence-electron chi connectivity index (χ3n) is 2.38. The van der Waals surface area contributed by atoms with Gasteiger partial charge < -0.3 is 5.32 Å². The SMILES string of the molecule is CC(C)(C)NCCC(=O)Cc1cc(F)cc(Br)c1. The van der Waals surface area contributed by atoms with Gasteiger partial charge in [0.25, 0.3) is 0 Å². The Kier molecular flexibility index (Phi) is 5.47. The number of carbonyl (C=O) groups is 1. The molecule has 0 spiro atoms. The number of nitrogens with one attached hydrogen (secondary N) is 1. The zero-order valence-corrected chi connectivity index (χ0v) is 12.6. The fourth-order valence-electron chi connectivity index (χ4n) is 1.61. The number of halogens is 2. The summed E-state index contributed by atoms with van der Waals surface area (Å²) >= 11 is 3.22. The summed E-state index contributed by atoms with van der Waals surface area (Å²) in [5, 5.41) is 3.26. The van der Waals surface area contributed by atoms with Crippen molar-refractivity contribution in [3.05, 3.63) is 34.1 Å². The highest BCUT2D eigenvalue weighted by Crippen LogP contribution is 2.15. The molecular weight excluding hydrogens is 297 g/mol. The summed E-state index contributed by atoms with van der Waals surface area (Å²) in [7, 11) is 0. The minimum absolute atomic E-state index is 0.0160. The van der Waals surface area contributed by atoms with Crippen molar-refractivity contribution in [2.45, 2.75) is 39.2 Å². The maximum Gasteiger partial charge on any atom is 0.138 e. The molecule has 1 aromatic carbocycles. The Labute approximate surface area is 116 Å². The number of rotatable bonds is 5. The van der Waals surface area contributed by atoms with Crippen LogP contribution in [0.15, 0.2) is 22.7 Å². The quantitative estimate of drug-likeness (QED) is 0.901. The van der Waals surface area contributed by atoms with Gasteiger partial charge >= 0.3 is 0 Å². The van der Waals surface area contributed by atoms with Crippen LogP contribution >= 0.6 is 15.9 Å². The molecule has 1 N–H and O–H groups in total. The molecule has 4 heteroatoms. The molecule has 0 saturated heterocycles. The standard InChI is InChI=1S/C14H19BrFNO/c1-14(2,3)17-5-4-13(18)8-10-6-11(15)9-12(16)7-10/h6-7,9,17H,4-5,8H2,1-3H3. The number of Topliss-reactive ketones (excluding diaryl/α,β-unsaturated/α-hetero) is 1. The highest BCUT2D eigenvalue weighted by Gasteiger charge is 2.10. The van der Waals surface area contributed by atoms with Crippen LogP contribution in [0.25, 0.3) is 0 Å². The van der Waals surface area contributed by atoms with Crippen LogP contribution in [0.5, 0.6) is 0 Å². The Bertz CT molecular complexity index is 406. The van der Waals surface area contributed by atoms with Gasteiger partial charge in [-0.2, -0.15) is 0 Å². The monoisotopic (exact) mass is 315 g/mol. The predicted octanol–water partition coefficient (Wildman–Crippen LogP) is 3.48. The minimum atomic E-state index is -0.319. The van der Waals surface area contributed by atoms with E-state index in [1.807, 2.05) is 0 Å². The van der Waals surface area contributed by atoms with Crippen LogP contribution in [0.3, 0.4) is 0 Å². The first-order valence-corrected chi connectivity index (χ1v) is 6.77. The van der Waals surface area contributed by atoms with Crippen LogP contribution in [0.1, 0.15) is 32.8 Å². The molecule has 0 aliphatic heterocycles. The largest absolute Gasteiger partial charge is 0.312 e. The van der Waals surface area contributed by atoms with Gasteiger partial charge in [0.2, 0.25) is 0 Å². The molecule has 0 aliphatic carbocycles. The molecular formula is C14H19BrFNO. The fraction of sp³-hybridized carbons (Fsp3) is 0.500. The van der Waals surface area contributed by atoms with E-state index in [4.69, 9.17) is 0 Å². The summed E-state index contributed by atoms with van der Waals surface area (Å²) in [6.45, 7) is 6.82. The van der Waals surface area contributed by atoms with E-state index in [2.05, 4.69) is 42.0 Å². The summed E-state index contributed by atoms with van der Waals surface area (Å²) in [6, 6.07) is 4.56. The third-order valence-corrected chi connectivity index (χ3v) is 2.84. The molecule has 1 aromatic rings. The highest BCUT2D eigenvalue weighted by atomic mass is 79.9. The van der Waals surface area contributed by atoms with Crippen molar-refractivity contribution < 1.29 is 9.18 Å². The number of hydrogen-bond donors (Lipinski definition) is 1. The van der Waals surface area contributed by atoms with Gasteiger partial charge in [0.1, 0.15) is 11.6 Å². The van der Waals surface area contributed by atoms with E-state index in [0.717, 1.165) is 0 Å². The van der Waals surface area contributed by atoms with E-state index in [1.54, 1.807) is 6.07 Å². The number of hydrogen-bond acceptors (Lipinski definition) is 2. The maximum atomic E-state index is 13.1. The molecule has 2 nitrogen and oxygen atoms in total. The Morgan fingerprint density at radius 3 is 2.56 bits per heavy atom. The second-order valence-corrected chi connectivity index (χ2v) is 6.34. The lowest BCUT2D eigenvalue weighted by atomic mass is 10.1. The molecule has 18 heavy (non-hydrogen) atoms. The van der Waals surface area contributed by atoms with E-state index >= 15 is 0 Å². The average Bonchev–Trinajstić information content (AvgIpc) is 2.12. The van der Waals surface area contributed by atoms with Crippen molar-refractivity contribution in [2.24, 2.45) is 0 Å². The topological polar surface area (TPSA) is 29.1 Å². The van der Waals surface area contributed by atoms with E-state index < -0.39 is 0 Å². The maximum absolute atomic E-state index is 13.1. The van der Waals surface area contributed by atoms with E-state index in [-0.39, 0.29) is 23.6 Å². The summed E-state index contributed by atoms with van der Waals surface area (Å²) in [6.07, 6.45) is 0.744. The molecule has 0 unspecified atom stereocenters. The van der Waals surface area contributed by atoms with Gasteiger partial charge in [-0.3, -0.25) is 4.79 Å². The van der Waals surface area contributed by atoms with Gasteiger partial charge in [-0.1, -0.05) is 15.9 Å². The Hall–Kier alpha value is -0.740. The molecule has 0 saturated carbocycles. The van der Waals surface area contributed by atoms with Crippen LogP contribution in [-0.4, -0.2) is 17.9 Å². The number of ketones is 1. The van der Waals surface area contributed by atoms with E-state index in [0.29, 0.717) is 23.0 Å². The molecule has 0 bridgehead atoms. The highest BCUT2D eigenvalue weighted by molar-refractivity contribution is 9.10. The fourth-order valence-corrected chi connectivity index (χ4v) is 2.12. The van der Waals surface area contributed by atoms with Crippen LogP contribution in [0, 0.1) is 5.82 Å². The first-order valence-electron chi connectivity index (χ1n) is 5.98. The van der Waals surface area contributed by atoms with E-state index in [9.17, 15) is 9.18 Å². The lowest BCUT2D eigenvalue weighted by molar-refractivity contribution is -0.118. The number of benzene rings is 1. The van der Waals surface area contributed by atoms with Crippen LogP contribution in [0.2, 0.25) is 0 Å². The summed E-state index contributed by atoms with van der Waals surface area (Å²) in [4.78, 5) is 11.7. The minimum Gasteiger partial charge on any atom is -0.312 e. The van der Waals surface area contributed by atoms with Crippen LogP contribution < -0.4 is 5.32 Å². The molecule has 0 radical (unpaired) electrons. The van der Waals surface area contributed by atoms with Crippen LogP contribution in [-0.2, 0) is 11.2 Å². The smallest absolute Gasteiger partial charge is 0.138 e. The van der Waals surface area contributed by atoms with Gasteiger partial charge in [0, 0.05) is 29.4 Å². The molecule has 0 atom stereocenters. The van der Waals surface area contributed by atoms with Gasteiger partial charge in [-0.05, 0) is 44.5 Å². The summed E-state index contributed by atoms with van der Waals surface area (Å²) in [5.74, 6) is -0.204. The molecule has 0 aliphatic rings. The third kappa shape index (κ3) is 6.26. The normalized spacial score (nSPS) is 11.6. The van der Waals surface area contributed by atoms with Crippen LogP contribution in [0.4, 0.5) is 4.39 Å². The first kappa shape index (κ1) is 15.3. The van der Waals surface area contributed by atoms with Gasteiger partial charge in [-0.25, -0.2) is 4.39 Å². The van der Waals surface area contributed by atoms with Crippen molar-refractivity contribution in [2.75, 3.05) is 6.54 Å². The zero-order chi connectivity index (χ0) is 13.8. The van der Waals surface area contributed by atoms with Gasteiger partial charge in [0.05, 0.1) is 0 Å². The Balaban J connectivity index is 2.45. The molecule has 100 valence electrons. The summed E-state index contributed by atoms with van der Waals surface area (Å²) in [5.41, 5.74) is 0.727. The Morgan fingerprint density at radius 1 is 1.33 bits per heavy atom. The lowest BCUT2D eigenvalue weighted by Crippen LogP contribution is -2.37. The Morgan fingerprint density at radius 2 is 2.00 bits per heavy atom. The summed E-state index contributed by atoms with van der Waals surface area (Å²) < 4.78 is 13.8. The van der Waals surface area contributed by atoms with Crippen molar-refractivity contribution in [1.82, 2.24) is 5.32 Å². The first-order chi connectivity index (χ1) is 8.26. The zero-order valence-electron chi connectivity index (χ0n) is 11.0. The second kappa shape index (κ2) is 6.43. The van der Waals surface area contributed by atoms with Gasteiger partial charge in [0.15, 0.2) is 0 Å². The molecule has 0 aromatic heterocycles. The molecule has 0 fully saturated rings. The molecule has 1 rings (SSSR count). The average molecular weight is 316 g/mol. The predicted molar refractivity (Wildman–Crippen MR) is 75.2 cm³/mol. The molecule has 0 heterocycles. The number of carbonyl (C=O) groups excluding carboxylic acids is 1. The molecule has 0 amide bonds.